The number of nitrogens with two attached hydrogens (primary N) is 1. The van der Waals surface area contributed by atoms with Crippen molar-refractivity contribution in [2.24, 2.45) is 10.7 Å². The largest absolute Gasteiger partial charge is 0.370 e. The van der Waals surface area contributed by atoms with Gasteiger partial charge in [0, 0.05) is 18.4 Å². The third kappa shape index (κ3) is 7.01. The van der Waals surface area contributed by atoms with Crippen molar-refractivity contribution in [3.05, 3.63) is 41.3 Å². The lowest BCUT2D eigenvalue weighted by Gasteiger charge is -2.06. The Labute approximate surface area is 167 Å². The quantitative estimate of drug-likeness (QED) is 0.276. The number of unbranched alkanes of at least 4 members (excludes halogenated alkanes) is 3. The second-order valence-corrected chi connectivity index (χ2v) is 6.05. The second-order valence-electron chi connectivity index (χ2n) is 6.05. The zero-order valence-corrected chi connectivity index (χ0v) is 17.7. The zero-order valence-electron chi connectivity index (χ0n) is 15.3. The fourth-order valence-electron chi connectivity index (χ4n) is 2.50. The van der Waals surface area contributed by atoms with Crippen molar-refractivity contribution < 1.29 is 0 Å². The summed E-state index contributed by atoms with van der Waals surface area (Å²) in [6.07, 6.45) is 6.69. The summed E-state index contributed by atoms with van der Waals surface area (Å²) in [5, 5.41) is 7.59. The molecule has 0 unspecified atom stereocenters. The molecule has 0 aliphatic rings. The fourth-order valence-corrected chi connectivity index (χ4v) is 2.50. The molecule has 3 N–H and O–H groups in total. The molecular formula is C18H29IN6. The minimum atomic E-state index is 0. The van der Waals surface area contributed by atoms with E-state index in [0.717, 1.165) is 35.7 Å². The Balaban J connectivity index is 0.00000312. The lowest BCUT2D eigenvalue weighted by Crippen LogP contribution is -2.32. The molecule has 0 fully saturated rings. The lowest BCUT2D eigenvalue weighted by molar-refractivity contribution is 0.652. The summed E-state index contributed by atoms with van der Waals surface area (Å²) < 4.78 is 1.84. The van der Waals surface area contributed by atoms with Crippen molar-refractivity contribution in [3.63, 3.8) is 0 Å². The van der Waals surface area contributed by atoms with Crippen LogP contribution in [0.25, 0.3) is 5.82 Å². The fraction of sp³-hybridized carbons (Fsp3) is 0.500. The van der Waals surface area contributed by atoms with Crippen LogP contribution < -0.4 is 11.1 Å². The summed E-state index contributed by atoms with van der Waals surface area (Å²) in [6.45, 7) is 7.61. The topological polar surface area (TPSA) is 81.1 Å². The number of aliphatic imine (C=N–C) groups is 1. The number of rotatable bonds is 8. The second kappa shape index (κ2) is 11.1. The molecule has 0 aliphatic heterocycles. The maximum Gasteiger partial charge on any atom is 0.188 e. The average Bonchev–Trinajstić information content (AvgIpc) is 2.91. The lowest BCUT2D eigenvalue weighted by atomic mass is 10.2. The Morgan fingerprint density at radius 1 is 1.24 bits per heavy atom. The molecule has 2 heterocycles. The van der Waals surface area contributed by atoms with Crippen LogP contribution in [0.2, 0.25) is 0 Å². The number of guanidine groups is 1. The first-order chi connectivity index (χ1) is 11.6. The van der Waals surface area contributed by atoms with E-state index >= 15 is 0 Å². The van der Waals surface area contributed by atoms with Gasteiger partial charge in [-0.3, -0.25) is 0 Å². The highest BCUT2D eigenvalue weighted by atomic mass is 127. The molecule has 0 aromatic carbocycles. The summed E-state index contributed by atoms with van der Waals surface area (Å²) in [5.41, 5.74) is 8.97. The van der Waals surface area contributed by atoms with E-state index in [2.05, 4.69) is 27.3 Å². The normalized spacial score (nSPS) is 11.2. The van der Waals surface area contributed by atoms with Gasteiger partial charge < -0.3 is 11.1 Å². The molecule has 6 nitrogen and oxygen atoms in total. The molecule has 7 heteroatoms. The van der Waals surface area contributed by atoms with E-state index in [1.807, 2.05) is 42.9 Å². The summed E-state index contributed by atoms with van der Waals surface area (Å²) >= 11 is 0. The van der Waals surface area contributed by atoms with E-state index in [0.29, 0.717) is 12.5 Å². The third-order valence-corrected chi connectivity index (χ3v) is 3.80. The van der Waals surface area contributed by atoms with Crippen LogP contribution in [0.1, 0.15) is 49.6 Å². The summed E-state index contributed by atoms with van der Waals surface area (Å²) in [5.74, 6) is 1.31. The Morgan fingerprint density at radius 3 is 2.64 bits per heavy atom. The number of hydrogen-bond acceptors (Lipinski definition) is 3. The molecule has 2 aromatic rings. The number of pyridine rings is 1. The van der Waals surface area contributed by atoms with Crippen molar-refractivity contribution in [1.82, 2.24) is 20.1 Å². The summed E-state index contributed by atoms with van der Waals surface area (Å²) in [6, 6.07) is 6.00. The maximum atomic E-state index is 5.88. The molecule has 2 rings (SSSR count). The van der Waals surface area contributed by atoms with E-state index in [1.54, 1.807) is 0 Å². The molecule has 0 radical (unpaired) electrons. The van der Waals surface area contributed by atoms with E-state index in [9.17, 15) is 0 Å². The van der Waals surface area contributed by atoms with Gasteiger partial charge >= 0.3 is 0 Å². The highest BCUT2D eigenvalue weighted by Gasteiger charge is 2.04. The molecular weight excluding hydrogens is 427 g/mol. The van der Waals surface area contributed by atoms with Gasteiger partial charge in [-0.15, -0.1) is 24.0 Å². The number of aryl methyl sites for hydroxylation is 2. The van der Waals surface area contributed by atoms with E-state index in [-0.39, 0.29) is 24.0 Å². The molecule has 0 saturated carbocycles. The van der Waals surface area contributed by atoms with Crippen molar-refractivity contribution in [3.8, 4) is 5.82 Å². The minimum Gasteiger partial charge on any atom is -0.370 e. The summed E-state index contributed by atoms with van der Waals surface area (Å²) in [7, 11) is 0. The Kier molecular flexibility index (Phi) is 9.48. The Morgan fingerprint density at radius 2 is 2.04 bits per heavy atom. The third-order valence-electron chi connectivity index (χ3n) is 3.80. The SMILES string of the molecule is CCCCCCNC(N)=NCc1ccc(-n2nc(C)cc2C)nc1.I. The number of aromatic nitrogens is 3. The smallest absolute Gasteiger partial charge is 0.188 e. The maximum absolute atomic E-state index is 5.88. The van der Waals surface area contributed by atoms with Crippen LogP contribution in [0.3, 0.4) is 0 Å². The Bertz CT molecular complexity index is 663. The van der Waals surface area contributed by atoms with Crippen molar-refractivity contribution in [2.45, 2.75) is 53.0 Å². The molecule has 2 aromatic heterocycles. The van der Waals surface area contributed by atoms with E-state index in [4.69, 9.17) is 5.73 Å². The summed E-state index contributed by atoms with van der Waals surface area (Å²) in [4.78, 5) is 8.82. The minimum absolute atomic E-state index is 0. The van der Waals surface area contributed by atoms with Gasteiger partial charge in [-0.25, -0.2) is 14.7 Å². The van der Waals surface area contributed by atoms with Crippen LogP contribution in [-0.4, -0.2) is 27.3 Å². The first kappa shape index (κ1) is 21.4. The number of hydrogen-bond donors (Lipinski definition) is 2. The van der Waals surface area contributed by atoms with Crippen LogP contribution in [0.4, 0.5) is 0 Å². The van der Waals surface area contributed by atoms with E-state index in [1.165, 1.54) is 19.3 Å². The van der Waals surface area contributed by atoms with Gasteiger partial charge in [0.05, 0.1) is 12.2 Å². The standard InChI is InChI=1S/C18H28N6.HI/c1-4-5-6-7-10-20-18(19)22-13-16-8-9-17(21-12-16)24-15(3)11-14(2)23-24;/h8-9,11-12H,4-7,10,13H2,1-3H3,(H3,19,20,22);1H. The first-order valence-corrected chi connectivity index (χ1v) is 8.62. The van der Waals surface area contributed by atoms with Crippen LogP contribution in [-0.2, 0) is 6.54 Å². The molecule has 25 heavy (non-hydrogen) atoms. The highest BCUT2D eigenvalue weighted by molar-refractivity contribution is 14.0. The van der Waals surface area contributed by atoms with E-state index < -0.39 is 0 Å². The average molecular weight is 456 g/mol. The Hall–Kier alpha value is -1.64. The molecule has 0 spiro atoms. The van der Waals surface area contributed by atoms with Gasteiger partial charge in [0.1, 0.15) is 0 Å². The molecule has 0 aliphatic carbocycles. The van der Waals surface area contributed by atoms with Crippen LogP contribution in [0.15, 0.2) is 29.4 Å². The zero-order chi connectivity index (χ0) is 17.4. The van der Waals surface area contributed by atoms with Crippen LogP contribution >= 0.6 is 24.0 Å². The van der Waals surface area contributed by atoms with Crippen LogP contribution in [0.5, 0.6) is 0 Å². The van der Waals surface area contributed by atoms with Gasteiger partial charge in [0.15, 0.2) is 11.8 Å². The van der Waals surface area contributed by atoms with Gasteiger partial charge in [-0.2, -0.15) is 5.10 Å². The van der Waals surface area contributed by atoms with Crippen molar-refractivity contribution >= 4 is 29.9 Å². The number of nitrogens with one attached hydrogen (secondary N) is 1. The monoisotopic (exact) mass is 456 g/mol. The highest BCUT2D eigenvalue weighted by Crippen LogP contribution is 2.10. The predicted molar refractivity (Wildman–Crippen MR) is 114 cm³/mol. The molecule has 0 saturated heterocycles. The van der Waals surface area contributed by atoms with Crippen molar-refractivity contribution in [1.29, 1.82) is 0 Å². The number of halogens is 1. The van der Waals surface area contributed by atoms with Gasteiger partial charge in [-0.05, 0) is 38.0 Å². The van der Waals surface area contributed by atoms with Crippen LogP contribution in [0, 0.1) is 13.8 Å². The molecule has 0 bridgehead atoms. The first-order valence-electron chi connectivity index (χ1n) is 8.62. The number of nitrogens with zero attached hydrogens (tertiary/aromatic N) is 4. The molecule has 0 atom stereocenters. The van der Waals surface area contributed by atoms with Gasteiger partial charge in [0.25, 0.3) is 0 Å². The van der Waals surface area contributed by atoms with Crippen molar-refractivity contribution in [2.75, 3.05) is 6.54 Å². The molecule has 0 amide bonds. The predicted octanol–water partition coefficient (Wildman–Crippen LogP) is 3.49. The van der Waals surface area contributed by atoms with Gasteiger partial charge in [-0.1, -0.05) is 32.3 Å². The van der Waals surface area contributed by atoms with Gasteiger partial charge in [0.2, 0.25) is 0 Å². The molecule has 138 valence electrons.